The van der Waals surface area contributed by atoms with Gasteiger partial charge in [0.1, 0.15) is 0 Å². The molecule has 1 N–H and O–H groups in total. The fourth-order valence-corrected chi connectivity index (χ4v) is 3.31. The van der Waals surface area contributed by atoms with E-state index in [0.29, 0.717) is 12.3 Å². The van der Waals surface area contributed by atoms with Crippen molar-refractivity contribution in [2.45, 2.75) is 58.4 Å². The highest BCUT2D eigenvalue weighted by atomic mass is 32.1. The molecule has 2 rings (SSSR count). The fraction of sp³-hybridized carbons (Fsp3) is 0.714. The van der Waals surface area contributed by atoms with Gasteiger partial charge in [0.2, 0.25) is 5.91 Å². The van der Waals surface area contributed by atoms with Crippen molar-refractivity contribution in [3.63, 3.8) is 0 Å². The molecular formula is C14H22N2OS. The van der Waals surface area contributed by atoms with E-state index >= 15 is 0 Å². The highest BCUT2D eigenvalue weighted by Crippen LogP contribution is 2.26. The zero-order valence-corrected chi connectivity index (χ0v) is 12.1. The van der Waals surface area contributed by atoms with Gasteiger partial charge in [-0.15, -0.1) is 11.3 Å². The minimum absolute atomic E-state index is 0.0334. The Morgan fingerprint density at radius 1 is 1.50 bits per heavy atom. The quantitative estimate of drug-likeness (QED) is 0.904. The molecule has 1 aliphatic rings. The maximum Gasteiger partial charge on any atom is 0.220 e. The third-order valence-electron chi connectivity index (χ3n) is 3.66. The van der Waals surface area contributed by atoms with E-state index in [0.717, 1.165) is 10.7 Å². The number of hydrogen-bond acceptors (Lipinski definition) is 3. The summed E-state index contributed by atoms with van der Waals surface area (Å²) in [5.41, 5.74) is 0.981. The van der Waals surface area contributed by atoms with Gasteiger partial charge in [0.05, 0.1) is 16.7 Å². The molecule has 1 amide bonds. The summed E-state index contributed by atoms with van der Waals surface area (Å²) >= 11 is 1.63. The number of rotatable bonds is 4. The number of nitrogens with zero attached hydrogens (tertiary/aromatic N) is 1. The molecule has 0 radical (unpaired) electrons. The standard InChI is InChI=1S/C14H22N2OS/c1-10(13-9-18-11(2)16-13)15-14(17)8-12-6-4-3-5-7-12/h9-10,12H,3-8H2,1-2H3,(H,15,17). The van der Waals surface area contributed by atoms with Gasteiger partial charge in [-0.25, -0.2) is 4.98 Å². The number of carbonyl (C=O) groups excluding carboxylic acids is 1. The summed E-state index contributed by atoms with van der Waals surface area (Å²) in [7, 11) is 0. The van der Waals surface area contributed by atoms with Crippen LogP contribution in [-0.4, -0.2) is 10.9 Å². The predicted molar refractivity (Wildman–Crippen MR) is 74.6 cm³/mol. The lowest BCUT2D eigenvalue weighted by Crippen LogP contribution is -2.29. The Balaban J connectivity index is 1.79. The molecule has 1 unspecified atom stereocenters. The number of nitrogens with one attached hydrogen (secondary N) is 1. The third-order valence-corrected chi connectivity index (χ3v) is 4.45. The number of aryl methyl sites for hydroxylation is 1. The van der Waals surface area contributed by atoms with E-state index in [1.54, 1.807) is 11.3 Å². The second-order valence-corrected chi connectivity index (χ2v) is 6.35. The molecule has 18 heavy (non-hydrogen) atoms. The summed E-state index contributed by atoms with van der Waals surface area (Å²) in [4.78, 5) is 16.4. The molecule has 3 nitrogen and oxygen atoms in total. The molecular weight excluding hydrogens is 244 g/mol. The maximum absolute atomic E-state index is 12.0. The minimum atomic E-state index is 0.0334. The molecule has 1 atom stereocenters. The van der Waals surface area contributed by atoms with Crippen LogP contribution in [-0.2, 0) is 4.79 Å². The van der Waals surface area contributed by atoms with Crippen LogP contribution in [0.5, 0.6) is 0 Å². The Morgan fingerprint density at radius 3 is 2.83 bits per heavy atom. The van der Waals surface area contributed by atoms with Crippen LogP contribution in [0, 0.1) is 12.8 Å². The van der Waals surface area contributed by atoms with Crippen LogP contribution in [0.3, 0.4) is 0 Å². The smallest absolute Gasteiger partial charge is 0.220 e. The fourth-order valence-electron chi connectivity index (χ4n) is 2.61. The van der Waals surface area contributed by atoms with Crippen LogP contribution in [0.1, 0.15) is 62.2 Å². The Kier molecular flexibility index (Phi) is 4.75. The normalized spacial score (nSPS) is 18.6. The van der Waals surface area contributed by atoms with Crippen LogP contribution in [0.15, 0.2) is 5.38 Å². The predicted octanol–water partition coefficient (Wildman–Crippen LogP) is 3.60. The highest BCUT2D eigenvalue weighted by molar-refractivity contribution is 7.09. The van der Waals surface area contributed by atoms with E-state index in [4.69, 9.17) is 0 Å². The van der Waals surface area contributed by atoms with Crippen LogP contribution in [0.4, 0.5) is 0 Å². The van der Waals surface area contributed by atoms with Crippen LogP contribution < -0.4 is 5.32 Å². The van der Waals surface area contributed by atoms with Gasteiger partial charge in [-0.3, -0.25) is 4.79 Å². The molecule has 1 heterocycles. The van der Waals surface area contributed by atoms with Crippen molar-refractivity contribution in [3.8, 4) is 0 Å². The third kappa shape index (κ3) is 3.80. The van der Waals surface area contributed by atoms with Gasteiger partial charge < -0.3 is 5.32 Å². The van der Waals surface area contributed by atoms with E-state index in [-0.39, 0.29) is 11.9 Å². The summed E-state index contributed by atoms with van der Waals surface area (Å²) in [6, 6.07) is 0.0334. The number of aromatic nitrogens is 1. The molecule has 1 saturated carbocycles. The van der Waals surface area contributed by atoms with Crippen LogP contribution in [0.2, 0.25) is 0 Å². The SMILES string of the molecule is Cc1nc(C(C)NC(=O)CC2CCCCC2)cs1. The molecule has 0 spiro atoms. The van der Waals surface area contributed by atoms with Gasteiger partial charge in [-0.05, 0) is 32.6 Å². The van der Waals surface area contributed by atoms with Crippen molar-refractivity contribution in [2.75, 3.05) is 0 Å². The average molecular weight is 266 g/mol. The van der Waals surface area contributed by atoms with Crippen molar-refractivity contribution < 1.29 is 4.79 Å². The van der Waals surface area contributed by atoms with E-state index in [1.165, 1.54) is 32.1 Å². The maximum atomic E-state index is 12.0. The van der Waals surface area contributed by atoms with E-state index in [1.807, 2.05) is 19.2 Å². The van der Waals surface area contributed by atoms with E-state index in [2.05, 4.69) is 10.3 Å². The second-order valence-electron chi connectivity index (χ2n) is 5.29. The summed E-state index contributed by atoms with van der Waals surface area (Å²) in [6.07, 6.45) is 7.05. The average Bonchev–Trinajstić information content (AvgIpc) is 2.77. The number of thiazole rings is 1. The lowest BCUT2D eigenvalue weighted by atomic mass is 9.87. The first-order chi connectivity index (χ1) is 8.65. The van der Waals surface area contributed by atoms with Gasteiger partial charge in [0.25, 0.3) is 0 Å². The Bertz CT molecular complexity index is 396. The molecule has 0 aliphatic heterocycles. The first-order valence-electron chi connectivity index (χ1n) is 6.86. The van der Waals surface area contributed by atoms with Crippen LogP contribution in [0.25, 0.3) is 0 Å². The van der Waals surface area contributed by atoms with Gasteiger partial charge in [-0.2, -0.15) is 0 Å². The van der Waals surface area contributed by atoms with Crippen molar-refractivity contribution in [3.05, 3.63) is 16.1 Å². The molecule has 1 aromatic rings. The van der Waals surface area contributed by atoms with Gasteiger partial charge in [0, 0.05) is 11.8 Å². The largest absolute Gasteiger partial charge is 0.348 e. The van der Waals surface area contributed by atoms with Gasteiger partial charge in [-0.1, -0.05) is 19.3 Å². The van der Waals surface area contributed by atoms with Gasteiger partial charge >= 0.3 is 0 Å². The lowest BCUT2D eigenvalue weighted by Gasteiger charge is -2.21. The first-order valence-corrected chi connectivity index (χ1v) is 7.74. The topological polar surface area (TPSA) is 42.0 Å². The molecule has 100 valence electrons. The van der Waals surface area contributed by atoms with Crippen molar-refractivity contribution in [2.24, 2.45) is 5.92 Å². The van der Waals surface area contributed by atoms with Crippen molar-refractivity contribution in [1.29, 1.82) is 0 Å². The number of carbonyl (C=O) groups is 1. The second kappa shape index (κ2) is 6.32. The molecule has 0 bridgehead atoms. The van der Waals surface area contributed by atoms with Crippen molar-refractivity contribution >= 4 is 17.2 Å². The summed E-state index contributed by atoms with van der Waals surface area (Å²) in [5.74, 6) is 0.781. The molecule has 0 saturated heterocycles. The Labute approximate surface area is 113 Å². The monoisotopic (exact) mass is 266 g/mol. The van der Waals surface area contributed by atoms with E-state index in [9.17, 15) is 4.79 Å². The summed E-state index contributed by atoms with van der Waals surface area (Å²) < 4.78 is 0. The molecule has 0 aromatic carbocycles. The van der Waals surface area contributed by atoms with Crippen LogP contribution >= 0.6 is 11.3 Å². The molecule has 1 aromatic heterocycles. The van der Waals surface area contributed by atoms with E-state index < -0.39 is 0 Å². The molecule has 4 heteroatoms. The molecule has 1 aliphatic carbocycles. The highest BCUT2D eigenvalue weighted by Gasteiger charge is 2.19. The Morgan fingerprint density at radius 2 is 2.22 bits per heavy atom. The van der Waals surface area contributed by atoms with Crippen molar-refractivity contribution in [1.82, 2.24) is 10.3 Å². The zero-order chi connectivity index (χ0) is 13.0. The first kappa shape index (κ1) is 13.5. The van der Waals surface area contributed by atoms with Gasteiger partial charge in [0.15, 0.2) is 0 Å². The number of amides is 1. The minimum Gasteiger partial charge on any atom is -0.348 e. The number of hydrogen-bond donors (Lipinski definition) is 1. The zero-order valence-electron chi connectivity index (χ0n) is 11.2. The summed E-state index contributed by atoms with van der Waals surface area (Å²) in [5, 5.41) is 6.14. The summed E-state index contributed by atoms with van der Waals surface area (Å²) in [6.45, 7) is 4.00. The lowest BCUT2D eigenvalue weighted by molar-refractivity contribution is -0.122. The Hall–Kier alpha value is -0.900. The molecule has 1 fully saturated rings.